The van der Waals surface area contributed by atoms with Gasteiger partial charge in [0.1, 0.15) is 0 Å². The van der Waals surface area contributed by atoms with Gasteiger partial charge in [0.15, 0.2) is 0 Å². The number of hydrogen-bond donors (Lipinski definition) is 1. The molecular formula is C8H21NO. The Morgan fingerprint density at radius 3 is 2.30 bits per heavy atom. The van der Waals surface area contributed by atoms with Gasteiger partial charge in [-0.1, -0.05) is 33.1 Å². The third-order valence-corrected chi connectivity index (χ3v) is 1.71. The molecule has 0 rings (SSSR count). The van der Waals surface area contributed by atoms with E-state index in [1.807, 2.05) is 0 Å². The van der Waals surface area contributed by atoms with E-state index in [1.165, 1.54) is 25.7 Å². The second kappa shape index (κ2) is 8.92. The van der Waals surface area contributed by atoms with Crippen LogP contribution in [-0.2, 0) is 0 Å². The highest BCUT2D eigenvalue weighted by Gasteiger charge is 1.97. The number of hydrogen-bond acceptors (Lipinski definition) is 1. The summed E-state index contributed by atoms with van der Waals surface area (Å²) in [5.41, 5.74) is 5.40. The van der Waals surface area contributed by atoms with Gasteiger partial charge in [0, 0.05) is 0 Å². The van der Waals surface area contributed by atoms with Crippen LogP contribution in [0, 0.1) is 5.92 Å². The molecule has 0 saturated heterocycles. The Labute approximate surface area is 64.1 Å². The number of unbranched alkanes of at least 4 members (excludes halogenated alkanes) is 1. The van der Waals surface area contributed by atoms with E-state index in [2.05, 4.69) is 13.8 Å². The van der Waals surface area contributed by atoms with Crippen molar-refractivity contribution in [2.45, 2.75) is 39.5 Å². The Bertz CT molecular complexity index is 57.2. The lowest BCUT2D eigenvalue weighted by atomic mass is 10.0. The first kappa shape index (κ1) is 12.6. The molecule has 1 atom stereocenters. The third kappa shape index (κ3) is 7.92. The van der Waals surface area contributed by atoms with Crippen LogP contribution in [0.1, 0.15) is 39.5 Å². The molecule has 0 aliphatic heterocycles. The van der Waals surface area contributed by atoms with Gasteiger partial charge in [-0.2, -0.15) is 0 Å². The standard InChI is InChI=1S/C8H19N.H2O/c1-3-4-5-8(2)6-7-9;/h8H,3-7,9H2,1-2H3;1H2. The van der Waals surface area contributed by atoms with Crippen molar-refractivity contribution >= 4 is 0 Å². The normalized spacial score (nSPS) is 12.3. The van der Waals surface area contributed by atoms with E-state index in [0.29, 0.717) is 0 Å². The molecule has 0 aromatic rings. The van der Waals surface area contributed by atoms with Gasteiger partial charge in [-0.15, -0.1) is 0 Å². The van der Waals surface area contributed by atoms with Crippen LogP contribution in [0.2, 0.25) is 0 Å². The second-order valence-electron chi connectivity index (χ2n) is 2.82. The molecule has 0 saturated carbocycles. The molecule has 64 valence electrons. The fraction of sp³-hybridized carbons (Fsp3) is 1.00. The molecule has 0 aliphatic carbocycles. The Morgan fingerprint density at radius 1 is 1.30 bits per heavy atom. The molecule has 2 nitrogen and oxygen atoms in total. The summed E-state index contributed by atoms with van der Waals surface area (Å²) < 4.78 is 0. The maximum Gasteiger partial charge on any atom is -0.00747 e. The average molecular weight is 147 g/mol. The molecular weight excluding hydrogens is 126 g/mol. The van der Waals surface area contributed by atoms with Crippen molar-refractivity contribution in [2.24, 2.45) is 11.7 Å². The van der Waals surface area contributed by atoms with Crippen molar-refractivity contribution in [1.82, 2.24) is 0 Å². The minimum atomic E-state index is 0. The first-order chi connectivity index (χ1) is 4.31. The topological polar surface area (TPSA) is 57.5 Å². The Morgan fingerprint density at radius 2 is 1.90 bits per heavy atom. The van der Waals surface area contributed by atoms with Crippen molar-refractivity contribution in [3.05, 3.63) is 0 Å². The molecule has 0 spiro atoms. The fourth-order valence-electron chi connectivity index (χ4n) is 0.981. The van der Waals surface area contributed by atoms with E-state index in [0.717, 1.165) is 12.5 Å². The van der Waals surface area contributed by atoms with E-state index < -0.39 is 0 Å². The molecule has 0 heterocycles. The maximum absolute atomic E-state index is 5.40. The number of nitrogens with two attached hydrogens (primary N) is 1. The summed E-state index contributed by atoms with van der Waals surface area (Å²) in [5, 5.41) is 0. The van der Waals surface area contributed by atoms with Crippen LogP contribution in [-0.4, -0.2) is 12.0 Å². The molecule has 0 aromatic carbocycles. The molecule has 4 N–H and O–H groups in total. The molecule has 0 aliphatic rings. The summed E-state index contributed by atoms with van der Waals surface area (Å²) >= 11 is 0. The van der Waals surface area contributed by atoms with Gasteiger partial charge in [-0.3, -0.25) is 0 Å². The molecule has 0 radical (unpaired) electrons. The summed E-state index contributed by atoms with van der Waals surface area (Å²) in [6.45, 7) is 5.36. The monoisotopic (exact) mass is 147 g/mol. The van der Waals surface area contributed by atoms with Crippen molar-refractivity contribution < 1.29 is 5.48 Å². The van der Waals surface area contributed by atoms with Crippen molar-refractivity contribution in [3.8, 4) is 0 Å². The molecule has 10 heavy (non-hydrogen) atoms. The van der Waals surface area contributed by atoms with Gasteiger partial charge in [0.05, 0.1) is 0 Å². The average Bonchev–Trinajstić information content (AvgIpc) is 1.85. The fourth-order valence-corrected chi connectivity index (χ4v) is 0.981. The van der Waals surface area contributed by atoms with Crippen LogP contribution in [0.15, 0.2) is 0 Å². The van der Waals surface area contributed by atoms with E-state index in [4.69, 9.17) is 5.73 Å². The van der Waals surface area contributed by atoms with Crippen molar-refractivity contribution in [3.63, 3.8) is 0 Å². The van der Waals surface area contributed by atoms with Gasteiger partial charge in [0.25, 0.3) is 0 Å². The molecule has 1 unspecified atom stereocenters. The lowest BCUT2D eigenvalue weighted by Crippen LogP contribution is -2.05. The van der Waals surface area contributed by atoms with Gasteiger partial charge >= 0.3 is 0 Å². The molecule has 0 fully saturated rings. The third-order valence-electron chi connectivity index (χ3n) is 1.71. The zero-order valence-corrected chi connectivity index (χ0v) is 7.19. The Kier molecular flexibility index (Phi) is 11.2. The minimum absolute atomic E-state index is 0. The summed E-state index contributed by atoms with van der Waals surface area (Å²) in [7, 11) is 0. The van der Waals surface area contributed by atoms with Crippen LogP contribution in [0.25, 0.3) is 0 Å². The van der Waals surface area contributed by atoms with Crippen LogP contribution < -0.4 is 5.73 Å². The highest BCUT2D eigenvalue weighted by molar-refractivity contribution is 4.52. The Balaban J connectivity index is 0. The van der Waals surface area contributed by atoms with Crippen LogP contribution in [0.4, 0.5) is 0 Å². The first-order valence-electron chi connectivity index (χ1n) is 4.01. The van der Waals surface area contributed by atoms with Crippen molar-refractivity contribution in [1.29, 1.82) is 0 Å². The second-order valence-corrected chi connectivity index (χ2v) is 2.82. The highest BCUT2D eigenvalue weighted by atomic mass is 16.0. The minimum Gasteiger partial charge on any atom is -0.412 e. The van der Waals surface area contributed by atoms with Gasteiger partial charge in [0.2, 0.25) is 0 Å². The SMILES string of the molecule is CCCCC(C)CCN.O. The molecule has 0 amide bonds. The summed E-state index contributed by atoms with van der Waals surface area (Å²) in [6, 6.07) is 0. The van der Waals surface area contributed by atoms with Crippen LogP contribution in [0.3, 0.4) is 0 Å². The van der Waals surface area contributed by atoms with Gasteiger partial charge in [-0.25, -0.2) is 0 Å². The zero-order valence-electron chi connectivity index (χ0n) is 7.19. The van der Waals surface area contributed by atoms with Crippen molar-refractivity contribution in [2.75, 3.05) is 6.54 Å². The van der Waals surface area contributed by atoms with E-state index in [9.17, 15) is 0 Å². The van der Waals surface area contributed by atoms with Gasteiger partial charge < -0.3 is 11.2 Å². The summed E-state index contributed by atoms with van der Waals surface area (Å²) in [6.07, 6.45) is 5.23. The molecule has 0 aromatic heterocycles. The maximum atomic E-state index is 5.40. The number of rotatable bonds is 5. The Hall–Kier alpha value is -0.0800. The predicted molar refractivity (Wildman–Crippen MR) is 46.0 cm³/mol. The summed E-state index contributed by atoms with van der Waals surface area (Å²) in [4.78, 5) is 0. The van der Waals surface area contributed by atoms with E-state index in [1.54, 1.807) is 0 Å². The predicted octanol–water partition coefficient (Wildman–Crippen LogP) is 1.34. The largest absolute Gasteiger partial charge is 0.412 e. The quantitative estimate of drug-likeness (QED) is 0.626. The first-order valence-corrected chi connectivity index (χ1v) is 4.01. The summed E-state index contributed by atoms with van der Waals surface area (Å²) in [5.74, 6) is 0.843. The van der Waals surface area contributed by atoms with E-state index >= 15 is 0 Å². The lowest BCUT2D eigenvalue weighted by Gasteiger charge is -2.06. The van der Waals surface area contributed by atoms with Crippen LogP contribution in [0.5, 0.6) is 0 Å². The zero-order chi connectivity index (χ0) is 7.11. The van der Waals surface area contributed by atoms with Crippen LogP contribution >= 0.6 is 0 Å². The van der Waals surface area contributed by atoms with E-state index in [-0.39, 0.29) is 5.48 Å². The smallest absolute Gasteiger partial charge is 0.00747 e. The molecule has 2 heteroatoms. The lowest BCUT2D eigenvalue weighted by molar-refractivity contribution is 0.478. The molecule has 0 bridgehead atoms. The highest BCUT2D eigenvalue weighted by Crippen LogP contribution is 2.09. The van der Waals surface area contributed by atoms with Gasteiger partial charge in [-0.05, 0) is 18.9 Å².